The van der Waals surface area contributed by atoms with Crippen LogP contribution in [0.15, 0.2) is 77.7 Å². The fourth-order valence-corrected chi connectivity index (χ4v) is 5.76. The molecule has 0 aliphatic heterocycles. The van der Waals surface area contributed by atoms with Gasteiger partial charge in [0.15, 0.2) is 5.05 Å². The van der Waals surface area contributed by atoms with Gasteiger partial charge in [0.2, 0.25) is 0 Å². The first-order valence-electron chi connectivity index (χ1n) is 14.8. The van der Waals surface area contributed by atoms with Gasteiger partial charge in [-0.3, -0.25) is 0 Å². The average Bonchev–Trinajstić information content (AvgIpc) is 2.95. The van der Waals surface area contributed by atoms with Crippen molar-refractivity contribution in [2.24, 2.45) is 0 Å². The van der Waals surface area contributed by atoms with Crippen LogP contribution < -0.4 is 4.74 Å². The Balaban J connectivity index is 1.41. The summed E-state index contributed by atoms with van der Waals surface area (Å²) in [6.45, 7) is 4.54. The first-order chi connectivity index (χ1) is 18.7. The monoisotopic (exact) mass is 546 g/mol. The molecule has 0 saturated heterocycles. The second kappa shape index (κ2) is 18.2. The molecule has 0 aromatic heterocycles. The van der Waals surface area contributed by atoms with Gasteiger partial charge in [0, 0.05) is 10.5 Å². The smallest absolute Gasteiger partial charge is 0.198 e. The minimum Gasteiger partial charge on any atom is -0.445 e. The molecular formula is C35H46OS2. The van der Waals surface area contributed by atoms with Crippen molar-refractivity contribution in [2.45, 2.75) is 102 Å². The van der Waals surface area contributed by atoms with Crippen LogP contribution in [-0.4, -0.2) is 10.8 Å². The van der Waals surface area contributed by atoms with Crippen molar-refractivity contribution in [1.82, 2.24) is 0 Å². The van der Waals surface area contributed by atoms with Gasteiger partial charge in [0.25, 0.3) is 0 Å². The highest BCUT2D eigenvalue weighted by molar-refractivity contribution is 7.99. The number of ether oxygens (including phenoxy) is 1. The molecule has 0 unspecified atom stereocenters. The molecule has 0 bridgehead atoms. The molecule has 38 heavy (non-hydrogen) atoms. The quantitative estimate of drug-likeness (QED) is 0.0892. The third kappa shape index (κ3) is 11.3. The molecule has 0 atom stereocenters. The lowest BCUT2D eigenvalue weighted by Crippen LogP contribution is -2.07. The Labute approximate surface area is 241 Å². The lowest BCUT2D eigenvalue weighted by molar-refractivity contribution is 0.566. The second-order valence-corrected chi connectivity index (χ2v) is 11.8. The predicted molar refractivity (Wildman–Crippen MR) is 172 cm³/mol. The number of hydrogen-bond donors (Lipinski definition) is 0. The van der Waals surface area contributed by atoms with Crippen LogP contribution in [0.25, 0.3) is 11.1 Å². The maximum Gasteiger partial charge on any atom is 0.198 e. The van der Waals surface area contributed by atoms with Gasteiger partial charge in [-0.25, -0.2) is 0 Å². The average molecular weight is 547 g/mol. The van der Waals surface area contributed by atoms with E-state index in [2.05, 4.69) is 74.5 Å². The number of thioether (sulfide) groups is 1. The van der Waals surface area contributed by atoms with Gasteiger partial charge in [-0.2, -0.15) is 0 Å². The van der Waals surface area contributed by atoms with Crippen LogP contribution in [-0.2, 0) is 6.42 Å². The fourth-order valence-electron chi connectivity index (χ4n) is 4.61. The molecule has 3 aromatic carbocycles. The van der Waals surface area contributed by atoms with Crippen molar-refractivity contribution in [1.29, 1.82) is 0 Å². The van der Waals surface area contributed by atoms with E-state index in [1.807, 2.05) is 23.9 Å². The summed E-state index contributed by atoms with van der Waals surface area (Å²) in [4.78, 5) is 1.35. The Morgan fingerprint density at radius 1 is 0.605 bits per heavy atom. The standard InChI is InChI=1S/C35H46OS2/c1-3-5-7-9-11-13-15-29-16-18-32(19-17-29)35(37)36-33-24-20-30(21-25-33)31-22-26-34(27-23-31)38-28-14-12-10-8-6-4-2/h16-27H,3-15,28H2,1-2H3. The fraction of sp³-hybridized carbons (Fsp3) is 0.457. The van der Waals surface area contributed by atoms with E-state index in [1.165, 1.54) is 104 Å². The van der Waals surface area contributed by atoms with Crippen LogP contribution in [0.5, 0.6) is 5.75 Å². The molecule has 3 rings (SSSR count). The molecule has 0 radical (unpaired) electrons. The summed E-state index contributed by atoms with van der Waals surface area (Å²) in [7, 11) is 0. The van der Waals surface area contributed by atoms with E-state index in [-0.39, 0.29) is 0 Å². The van der Waals surface area contributed by atoms with Crippen LogP contribution in [0.2, 0.25) is 0 Å². The summed E-state index contributed by atoms with van der Waals surface area (Å²) < 4.78 is 6.00. The lowest BCUT2D eigenvalue weighted by atomic mass is 10.0. The Kier molecular flexibility index (Phi) is 14.6. The zero-order valence-corrected chi connectivity index (χ0v) is 25.2. The van der Waals surface area contributed by atoms with Crippen molar-refractivity contribution in [2.75, 3.05) is 5.75 Å². The van der Waals surface area contributed by atoms with Crippen molar-refractivity contribution in [3.63, 3.8) is 0 Å². The summed E-state index contributed by atoms with van der Waals surface area (Å²) >= 11 is 7.55. The molecule has 0 heterocycles. The third-order valence-corrected chi connectivity index (χ3v) is 8.45. The van der Waals surface area contributed by atoms with Crippen LogP contribution >= 0.6 is 24.0 Å². The van der Waals surface area contributed by atoms with E-state index >= 15 is 0 Å². The summed E-state index contributed by atoms with van der Waals surface area (Å²) in [5.74, 6) is 1.99. The molecule has 0 aliphatic carbocycles. The molecule has 3 heteroatoms. The predicted octanol–water partition coefficient (Wildman–Crippen LogP) is 11.5. The Morgan fingerprint density at radius 3 is 1.74 bits per heavy atom. The molecule has 0 saturated carbocycles. The summed E-state index contributed by atoms with van der Waals surface area (Å²) in [5.41, 5.74) is 4.76. The molecular weight excluding hydrogens is 501 g/mol. The van der Waals surface area contributed by atoms with Gasteiger partial charge in [0.05, 0.1) is 0 Å². The highest BCUT2D eigenvalue weighted by Gasteiger charge is 2.06. The minimum atomic E-state index is 0.524. The summed E-state index contributed by atoms with van der Waals surface area (Å²) in [5, 5.41) is 0.524. The lowest BCUT2D eigenvalue weighted by Gasteiger charge is -2.10. The Morgan fingerprint density at radius 2 is 1.13 bits per heavy atom. The number of hydrogen-bond acceptors (Lipinski definition) is 3. The molecule has 0 amide bonds. The normalized spacial score (nSPS) is 11.0. The van der Waals surface area contributed by atoms with Gasteiger partial charge in [0.1, 0.15) is 5.75 Å². The van der Waals surface area contributed by atoms with E-state index in [0.717, 1.165) is 17.7 Å². The van der Waals surface area contributed by atoms with Gasteiger partial charge in [-0.05, 0) is 78.2 Å². The Bertz CT molecular complexity index is 1040. The molecule has 0 spiro atoms. The number of aryl methyl sites for hydroxylation is 1. The van der Waals surface area contributed by atoms with Gasteiger partial charge in [-0.1, -0.05) is 127 Å². The number of thiocarbonyl (C=S) groups is 1. The van der Waals surface area contributed by atoms with E-state index in [1.54, 1.807) is 0 Å². The zero-order chi connectivity index (χ0) is 26.8. The molecule has 0 aliphatic rings. The SMILES string of the molecule is CCCCCCCCSc1ccc(-c2ccc(OC(=S)c3ccc(CCCCCCCC)cc3)cc2)cc1. The summed E-state index contributed by atoms with van der Waals surface area (Å²) in [6, 6.07) is 25.7. The van der Waals surface area contributed by atoms with E-state index in [4.69, 9.17) is 17.0 Å². The summed E-state index contributed by atoms with van der Waals surface area (Å²) in [6.07, 6.45) is 17.2. The van der Waals surface area contributed by atoms with Gasteiger partial charge in [-0.15, -0.1) is 11.8 Å². The molecule has 1 nitrogen and oxygen atoms in total. The van der Waals surface area contributed by atoms with Crippen molar-refractivity contribution in [3.05, 3.63) is 83.9 Å². The van der Waals surface area contributed by atoms with Crippen LogP contribution in [0.3, 0.4) is 0 Å². The largest absolute Gasteiger partial charge is 0.445 e. The number of rotatable bonds is 18. The van der Waals surface area contributed by atoms with Crippen LogP contribution in [0.1, 0.15) is 102 Å². The number of unbranched alkanes of at least 4 members (excludes halogenated alkanes) is 10. The minimum absolute atomic E-state index is 0.524. The maximum atomic E-state index is 6.00. The zero-order valence-electron chi connectivity index (χ0n) is 23.6. The van der Waals surface area contributed by atoms with E-state index < -0.39 is 0 Å². The van der Waals surface area contributed by atoms with E-state index in [0.29, 0.717) is 5.05 Å². The topological polar surface area (TPSA) is 9.23 Å². The maximum absolute atomic E-state index is 6.00. The highest BCUT2D eigenvalue weighted by atomic mass is 32.2. The van der Waals surface area contributed by atoms with Crippen LogP contribution in [0, 0.1) is 0 Å². The third-order valence-electron chi connectivity index (χ3n) is 7.03. The van der Waals surface area contributed by atoms with Crippen molar-refractivity contribution in [3.8, 4) is 16.9 Å². The van der Waals surface area contributed by atoms with Gasteiger partial charge < -0.3 is 4.74 Å². The highest BCUT2D eigenvalue weighted by Crippen LogP contribution is 2.27. The molecule has 0 N–H and O–H groups in total. The van der Waals surface area contributed by atoms with Crippen molar-refractivity contribution < 1.29 is 4.74 Å². The first kappa shape index (κ1) is 30.4. The molecule has 0 fully saturated rings. The van der Waals surface area contributed by atoms with E-state index in [9.17, 15) is 0 Å². The molecule has 204 valence electrons. The second-order valence-electron chi connectivity index (χ2n) is 10.3. The number of benzene rings is 3. The van der Waals surface area contributed by atoms with Crippen LogP contribution in [0.4, 0.5) is 0 Å². The van der Waals surface area contributed by atoms with Gasteiger partial charge >= 0.3 is 0 Å². The van der Waals surface area contributed by atoms with Crippen molar-refractivity contribution >= 4 is 29.0 Å². The first-order valence-corrected chi connectivity index (χ1v) is 16.2. The molecule has 3 aromatic rings. The Hall–Kier alpha value is -2.10.